The molecule has 3 aromatic rings. The van der Waals surface area contributed by atoms with Crippen LogP contribution in [0, 0.1) is 6.92 Å². The monoisotopic (exact) mass is 425 g/mol. The summed E-state index contributed by atoms with van der Waals surface area (Å²) >= 11 is -0.289. The molecule has 0 spiro atoms. The number of carboxylic acids is 1. The average Bonchev–Trinajstić information content (AvgIpc) is 2.85. The van der Waals surface area contributed by atoms with Crippen molar-refractivity contribution in [2.45, 2.75) is 23.9 Å². The van der Waals surface area contributed by atoms with Gasteiger partial charge in [0.1, 0.15) is 0 Å². The Balaban J connectivity index is 2.00. The quantitative estimate of drug-likeness (QED) is 0.608. The molecule has 152 valence electrons. The van der Waals surface area contributed by atoms with Crippen LogP contribution in [0.4, 0.5) is 13.2 Å². The zero-order valence-electron chi connectivity index (χ0n) is 14.8. The predicted molar refractivity (Wildman–Crippen MR) is 98.6 cm³/mol. The molecular formula is C18H14F3N3O4S. The minimum Gasteiger partial charge on any atom is -0.493 e. The van der Waals surface area contributed by atoms with Crippen LogP contribution in [-0.4, -0.2) is 35.8 Å². The van der Waals surface area contributed by atoms with Gasteiger partial charge in [-0.25, -0.2) is 14.2 Å². The Hall–Kier alpha value is -3.21. The third kappa shape index (κ3) is 4.29. The van der Waals surface area contributed by atoms with Crippen LogP contribution in [0.2, 0.25) is 0 Å². The number of alkyl halides is 3. The minimum atomic E-state index is -4.44. The number of aromatic nitrogens is 3. The summed E-state index contributed by atoms with van der Waals surface area (Å²) in [5.41, 5.74) is -4.52. The number of hydrogen-bond donors (Lipinski definition) is 2. The fourth-order valence-electron chi connectivity index (χ4n) is 2.78. The van der Waals surface area contributed by atoms with Crippen LogP contribution in [0.1, 0.15) is 21.6 Å². The van der Waals surface area contributed by atoms with Crippen LogP contribution in [-0.2, 0) is 6.54 Å². The first-order valence-electron chi connectivity index (χ1n) is 8.12. The zero-order chi connectivity index (χ0) is 21.3. The lowest BCUT2D eigenvalue weighted by Crippen LogP contribution is -2.25. The molecule has 2 aromatic heterocycles. The molecule has 0 saturated carbocycles. The van der Waals surface area contributed by atoms with Crippen molar-refractivity contribution in [3.63, 3.8) is 0 Å². The second-order valence-corrected chi connectivity index (χ2v) is 7.13. The standard InChI is InChI=1S/C18H14F3N3O4S/c1-10-15(25)24(12-2-4-13(5-3-12)29-18(19,20)21)17(28)23(10)9-11-6-7-22-8-14(11)16(26)27/h2-8,25H,9H2,1H3,(H,26,27). The summed E-state index contributed by atoms with van der Waals surface area (Å²) in [6.07, 6.45) is 2.54. The molecule has 7 nitrogen and oxygen atoms in total. The van der Waals surface area contributed by atoms with E-state index in [-0.39, 0.29) is 40.1 Å². The molecule has 29 heavy (non-hydrogen) atoms. The van der Waals surface area contributed by atoms with Crippen LogP contribution in [0.15, 0.2) is 52.4 Å². The van der Waals surface area contributed by atoms with E-state index in [0.717, 1.165) is 10.8 Å². The van der Waals surface area contributed by atoms with E-state index in [9.17, 15) is 33.0 Å². The molecule has 0 amide bonds. The Bertz CT molecular complexity index is 1120. The average molecular weight is 425 g/mol. The molecule has 0 saturated heterocycles. The van der Waals surface area contributed by atoms with Gasteiger partial charge in [0.25, 0.3) is 0 Å². The minimum absolute atomic E-state index is 0.0622. The molecule has 2 N–H and O–H groups in total. The maximum absolute atomic E-state index is 12.8. The lowest BCUT2D eigenvalue weighted by Gasteiger charge is -2.07. The fourth-order valence-corrected chi connectivity index (χ4v) is 3.32. The van der Waals surface area contributed by atoms with Crippen molar-refractivity contribution in [2.75, 3.05) is 0 Å². The summed E-state index contributed by atoms with van der Waals surface area (Å²) in [5.74, 6) is -1.60. The molecule has 0 unspecified atom stereocenters. The Labute approximate surface area is 166 Å². The third-order valence-corrected chi connectivity index (χ3v) is 4.90. The molecule has 3 rings (SSSR count). The van der Waals surface area contributed by atoms with Crippen molar-refractivity contribution >= 4 is 17.7 Å². The van der Waals surface area contributed by atoms with Gasteiger partial charge < -0.3 is 10.2 Å². The van der Waals surface area contributed by atoms with E-state index in [1.54, 1.807) is 0 Å². The van der Waals surface area contributed by atoms with Gasteiger partial charge in [-0.15, -0.1) is 0 Å². The van der Waals surface area contributed by atoms with Gasteiger partial charge in [-0.3, -0.25) is 9.55 Å². The Kier molecular flexibility index (Phi) is 5.42. The third-order valence-electron chi connectivity index (χ3n) is 4.16. The first-order chi connectivity index (χ1) is 13.6. The predicted octanol–water partition coefficient (Wildman–Crippen LogP) is 3.41. The van der Waals surface area contributed by atoms with Crippen LogP contribution >= 0.6 is 11.8 Å². The van der Waals surface area contributed by atoms with Crippen molar-refractivity contribution in [1.29, 1.82) is 0 Å². The van der Waals surface area contributed by atoms with Gasteiger partial charge >= 0.3 is 17.2 Å². The smallest absolute Gasteiger partial charge is 0.446 e. The molecule has 0 fully saturated rings. The highest BCUT2D eigenvalue weighted by Gasteiger charge is 2.29. The van der Waals surface area contributed by atoms with E-state index in [2.05, 4.69) is 4.98 Å². The number of imidazole rings is 1. The van der Waals surface area contributed by atoms with E-state index in [1.165, 1.54) is 48.0 Å². The van der Waals surface area contributed by atoms with Gasteiger partial charge in [0.2, 0.25) is 5.88 Å². The molecule has 11 heteroatoms. The number of hydrogen-bond acceptors (Lipinski definition) is 5. The lowest BCUT2D eigenvalue weighted by atomic mass is 10.1. The van der Waals surface area contributed by atoms with Gasteiger partial charge in [0, 0.05) is 17.3 Å². The number of rotatable bonds is 5. The van der Waals surface area contributed by atoms with E-state index in [0.29, 0.717) is 5.56 Å². The molecule has 0 aliphatic heterocycles. The number of benzene rings is 1. The number of pyridine rings is 1. The molecule has 1 aromatic carbocycles. The number of carbonyl (C=O) groups is 1. The van der Waals surface area contributed by atoms with Gasteiger partial charge in [-0.2, -0.15) is 13.2 Å². The largest absolute Gasteiger partial charge is 0.493 e. The van der Waals surface area contributed by atoms with Gasteiger partial charge in [0.05, 0.1) is 23.5 Å². The molecule has 0 aliphatic rings. The number of thioether (sulfide) groups is 1. The number of nitrogens with zero attached hydrogens (tertiary/aromatic N) is 3. The van der Waals surface area contributed by atoms with Crippen molar-refractivity contribution in [1.82, 2.24) is 14.1 Å². The maximum Gasteiger partial charge on any atom is 0.446 e. The molecule has 0 bridgehead atoms. The summed E-state index contributed by atoms with van der Waals surface area (Å²) in [7, 11) is 0. The normalized spacial score (nSPS) is 11.6. The zero-order valence-corrected chi connectivity index (χ0v) is 15.7. The number of halogens is 3. The first-order valence-corrected chi connectivity index (χ1v) is 8.93. The van der Waals surface area contributed by atoms with Crippen LogP contribution in [0.25, 0.3) is 5.69 Å². The molecule has 0 aliphatic carbocycles. The van der Waals surface area contributed by atoms with Gasteiger partial charge in [-0.05, 0) is 54.6 Å². The molecule has 0 atom stereocenters. The first kappa shape index (κ1) is 20.5. The second-order valence-electron chi connectivity index (χ2n) is 5.99. The second kappa shape index (κ2) is 7.66. The maximum atomic E-state index is 12.8. The highest BCUT2D eigenvalue weighted by Crippen LogP contribution is 2.37. The molecular weight excluding hydrogens is 411 g/mol. The number of aromatic hydroxyl groups is 1. The summed E-state index contributed by atoms with van der Waals surface area (Å²) in [6, 6.07) is 6.41. The van der Waals surface area contributed by atoms with E-state index in [1.807, 2.05) is 0 Å². The highest BCUT2D eigenvalue weighted by molar-refractivity contribution is 8.00. The van der Waals surface area contributed by atoms with Crippen LogP contribution < -0.4 is 5.69 Å². The summed E-state index contributed by atoms with van der Waals surface area (Å²) < 4.78 is 39.5. The van der Waals surface area contributed by atoms with Crippen molar-refractivity contribution < 1.29 is 28.2 Å². The van der Waals surface area contributed by atoms with Crippen LogP contribution in [0.5, 0.6) is 5.88 Å². The molecule has 2 heterocycles. The van der Waals surface area contributed by atoms with Crippen LogP contribution in [0.3, 0.4) is 0 Å². The highest BCUT2D eigenvalue weighted by atomic mass is 32.2. The van der Waals surface area contributed by atoms with E-state index < -0.39 is 23.0 Å². The molecule has 0 radical (unpaired) electrons. The number of carboxylic acid groups (broad SMARTS) is 1. The van der Waals surface area contributed by atoms with Crippen molar-refractivity contribution in [2.24, 2.45) is 0 Å². The van der Waals surface area contributed by atoms with Gasteiger partial charge in [0.15, 0.2) is 0 Å². The fraction of sp³-hybridized carbons (Fsp3) is 0.167. The Morgan fingerprint density at radius 2 is 1.86 bits per heavy atom. The lowest BCUT2D eigenvalue weighted by molar-refractivity contribution is -0.0328. The number of aromatic carboxylic acids is 1. The van der Waals surface area contributed by atoms with E-state index >= 15 is 0 Å². The summed E-state index contributed by atoms with van der Waals surface area (Å²) in [4.78, 5) is 27.9. The Morgan fingerprint density at radius 3 is 2.45 bits per heavy atom. The van der Waals surface area contributed by atoms with Crippen molar-refractivity contribution in [3.8, 4) is 11.6 Å². The summed E-state index contributed by atoms with van der Waals surface area (Å²) in [5, 5.41) is 19.7. The van der Waals surface area contributed by atoms with Crippen molar-refractivity contribution in [3.05, 3.63) is 70.0 Å². The van der Waals surface area contributed by atoms with Gasteiger partial charge in [-0.1, -0.05) is 0 Å². The Morgan fingerprint density at radius 1 is 1.21 bits per heavy atom. The topological polar surface area (TPSA) is 97.4 Å². The summed E-state index contributed by atoms with van der Waals surface area (Å²) in [6.45, 7) is 1.35. The van der Waals surface area contributed by atoms with E-state index in [4.69, 9.17) is 0 Å². The SMILES string of the molecule is Cc1c(O)n(-c2ccc(SC(F)(F)F)cc2)c(=O)n1Cc1ccncc1C(=O)O.